The van der Waals surface area contributed by atoms with E-state index in [9.17, 15) is 0 Å². The summed E-state index contributed by atoms with van der Waals surface area (Å²) >= 11 is 0. The summed E-state index contributed by atoms with van der Waals surface area (Å²) in [6.45, 7) is 0. The summed E-state index contributed by atoms with van der Waals surface area (Å²) in [5.41, 5.74) is 0. The molecule has 0 bridgehead atoms. The minimum absolute atomic E-state index is 1.03. The molecule has 0 saturated heterocycles. The third-order valence-corrected chi connectivity index (χ3v) is 1.97. The molecule has 1 rings (SSSR count). The molecule has 69 valence electrons. The first-order chi connectivity index (χ1) is 6.50. The zero-order valence-electron chi connectivity index (χ0n) is 8.08. The summed E-state index contributed by atoms with van der Waals surface area (Å²) in [4.78, 5) is 0. The molecule has 0 aromatic carbocycles. The molecule has 0 nitrogen and oxygen atoms in total. The Morgan fingerprint density at radius 2 is 1.69 bits per heavy atom. The smallest absolute Gasteiger partial charge is 0.0166 e. The molecule has 13 heavy (non-hydrogen) atoms. The van der Waals surface area contributed by atoms with Gasteiger partial charge >= 0.3 is 0 Å². The van der Waals surface area contributed by atoms with Crippen molar-refractivity contribution in [2.45, 2.75) is 32.1 Å². The van der Waals surface area contributed by atoms with Gasteiger partial charge in [0.1, 0.15) is 0 Å². The molecule has 1 aliphatic rings. The van der Waals surface area contributed by atoms with Crippen LogP contribution in [0.25, 0.3) is 0 Å². The van der Waals surface area contributed by atoms with Gasteiger partial charge in [-0.3, -0.25) is 0 Å². The van der Waals surface area contributed by atoms with Crippen LogP contribution in [-0.2, 0) is 0 Å². The van der Waals surface area contributed by atoms with Crippen molar-refractivity contribution in [3.8, 4) is 0 Å². The van der Waals surface area contributed by atoms with Crippen LogP contribution in [0.5, 0.6) is 0 Å². The van der Waals surface area contributed by atoms with Crippen molar-refractivity contribution < 1.29 is 0 Å². The van der Waals surface area contributed by atoms with Crippen molar-refractivity contribution in [1.82, 2.24) is 0 Å². The van der Waals surface area contributed by atoms with Gasteiger partial charge < -0.3 is 0 Å². The van der Waals surface area contributed by atoms with Crippen LogP contribution in [0.1, 0.15) is 32.1 Å². The third kappa shape index (κ3) is 6.15. The standard InChI is InChI=1S/C13H17/c1-2-4-6-8-10-12-13-11-9-7-5-3-1/h1-3,7,9,12-13H,4,6,8,10-11H2/b2-1-,5-3?,9-7+,13-12+. The fraction of sp³-hybridized carbons (Fsp3) is 0.385. The summed E-state index contributed by atoms with van der Waals surface area (Å²) in [6, 6.07) is 0. The highest BCUT2D eigenvalue weighted by atomic mass is 13.9. The summed E-state index contributed by atoms with van der Waals surface area (Å²) in [7, 11) is 0. The van der Waals surface area contributed by atoms with Crippen molar-refractivity contribution >= 4 is 0 Å². The van der Waals surface area contributed by atoms with Gasteiger partial charge in [-0.15, -0.1) is 0 Å². The Hall–Kier alpha value is -1.04. The van der Waals surface area contributed by atoms with Crippen LogP contribution >= 0.6 is 0 Å². The molecule has 0 amide bonds. The lowest BCUT2D eigenvalue weighted by Gasteiger charge is -1.91. The summed E-state index contributed by atoms with van der Waals surface area (Å²) in [5.74, 6) is 0. The topological polar surface area (TPSA) is 0 Å². The Balaban J connectivity index is 2.38. The van der Waals surface area contributed by atoms with E-state index in [0.717, 1.165) is 6.42 Å². The second kappa shape index (κ2) is 7.60. The molecule has 0 unspecified atom stereocenters. The van der Waals surface area contributed by atoms with Crippen LogP contribution in [0.4, 0.5) is 0 Å². The first-order valence-corrected chi connectivity index (χ1v) is 5.04. The molecule has 0 saturated carbocycles. The molecule has 0 aromatic heterocycles. The largest absolute Gasteiger partial charge is 0.0882 e. The Kier molecular flexibility index (Phi) is 5.87. The minimum Gasteiger partial charge on any atom is -0.0882 e. The second-order valence-electron chi connectivity index (χ2n) is 3.16. The Bertz CT molecular complexity index is 216. The van der Waals surface area contributed by atoms with E-state index in [1.54, 1.807) is 0 Å². The molecule has 1 aliphatic carbocycles. The summed E-state index contributed by atoms with van der Waals surface area (Å²) in [5, 5.41) is 0. The third-order valence-electron chi connectivity index (χ3n) is 1.97. The highest BCUT2D eigenvalue weighted by molar-refractivity contribution is 5.07. The van der Waals surface area contributed by atoms with E-state index in [1.165, 1.54) is 25.7 Å². The highest BCUT2D eigenvalue weighted by Gasteiger charge is 1.83. The van der Waals surface area contributed by atoms with Gasteiger partial charge in [0, 0.05) is 0 Å². The lowest BCUT2D eigenvalue weighted by atomic mass is 10.2. The second-order valence-corrected chi connectivity index (χ2v) is 3.16. The molecule has 0 aromatic rings. The molecule has 0 spiro atoms. The van der Waals surface area contributed by atoms with E-state index < -0.39 is 0 Å². The Morgan fingerprint density at radius 3 is 2.62 bits per heavy atom. The van der Waals surface area contributed by atoms with Gasteiger partial charge in [0.2, 0.25) is 0 Å². The monoisotopic (exact) mass is 173 g/mol. The number of hydrogen-bond acceptors (Lipinski definition) is 0. The van der Waals surface area contributed by atoms with Gasteiger partial charge in [-0.25, -0.2) is 0 Å². The van der Waals surface area contributed by atoms with Crippen LogP contribution in [0.15, 0.2) is 42.5 Å². The van der Waals surface area contributed by atoms with Gasteiger partial charge in [0.25, 0.3) is 0 Å². The molecular weight excluding hydrogens is 156 g/mol. The molecule has 0 N–H and O–H groups in total. The van der Waals surface area contributed by atoms with Gasteiger partial charge in [0.05, 0.1) is 0 Å². The van der Waals surface area contributed by atoms with Crippen molar-refractivity contribution in [2.75, 3.05) is 0 Å². The summed E-state index contributed by atoms with van der Waals surface area (Å²) in [6.07, 6.45) is 24.0. The quantitative estimate of drug-likeness (QED) is 0.486. The zero-order chi connectivity index (χ0) is 9.19. The van der Waals surface area contributed by atoms with E-state index in [2.05, 4.69) is 36.5 Å². The van der Waals surface area contributed by atoms with Crippen molar-refractivity contribution in [3.05, 3.63) is 48.6 Å². The number of rotatable bonds is 0. The lowest BCUT2D eigenvalue weighted by Crippen LogP contribution is -1.71. The molecular formula is C13H17. The van der Waals surface area contributed by atoms with Crippen LogP contribution in [-0.4, -0.2) is 0 Å². The first kappa shape index (κ1) is 10.0. The van der Waals surface area contributed by atoms with E-state index in [-0.39, 0.29) is 0 Å². The molecule has 0 heterocycles. The fourth-order valence-corrected chi connectivity index (χ4v) is 1.23. The van der Waals surface area contributed by atoms with E-state index in [0.29, 0.717) is 0 Å². The maximum atomic E-state index is 3.10. The van der Waals surface area contributed by atoms with Crippen LogP contribution < -0.4 is 0 Å². The van der Waals surface area contributed by atoms with Gasteiger partial charge in [0.15, 0.2) is 0 Å². The Morgan fingerprint density at radius 1 is 0.846 bits per heavy atom. The van der Waals surface area contributed by atoms with Crippen molar-refractivity contribution in [1.29, 1.82) is 0 Å². The number of allylic oxidation sites excluding steroid dienone is 8. The normalized spacial score (nSPS) is 28.9. The zero-order valence-corrected chi connectivity index (χ0v) is 8.08. The first-order valence-electron chi connectivity index (χ1n) is 5.04. The molecule has 1 radical (unpaired) electrons. The summed E-state index contributed by atoms with van der Waals surface area (Å²) < 4.78 is 0. The maximum Gasteiger partial charge on any atom is -0.0166 e. The van der Waals surface area contributed by atoms with E-state index in [1.807, 2.05) is 12.2 Å². The molecule has 0 atom stereocenters. The predicted molar refractivity (Wildman–Crippen MR) is 58.3 cm³/mol. The van der Waals surface area contributed by atoms with E-state index >= 15 is 0 Å². The van der Waals surface area contributed by atoms with Gasteiger partial charge in [-0.1, -0.05) is 42.5 Å². The lowest BCUT2D eigenvalue weighted by molar-refractivity contribution is 0.761. The predicted octanol–water partition coefficient (Wildman–Crippen LogP) is 3.98. The average molecular weight is 173 g/mol. The van der Waals surface area contributed by atoms with Gasteiger partial charge in [-0.2, -0.15) is 0 Å². The molecule has 0 fully saturated rings. The Labute approximate surface area is 81.4 Å². The highest BCUT2D eigenvalue weighted by Crippen LogP contribution is 2.03. The van der Waals surface area contributed by atoms with Crippen molar-refractivity contribution in [2.24, 2.45) is 0 Å². The number of hydrogen-bond donors (Lipinski definition) is 0. The van der Waals surface area contributed by atoms with Crippen LogP contribution in [0.3, 0.4) is 0 Å². The SMILES string of the molecule is [C]1=C/C=C\CCCC/C=C/C/C=C/1. The maximum absolute atomic E-state index is 3.10. The van der Waals surface area contributed by atoms with Crippen molar-refractivity contribution in [3.63, 3.8) is 0 Å². The average Bonchev–Trinajstić information content (AvgIpc) is 2.18. The van der Waals surface area contributed by atoms with Crippen LogP contribution in [0.2, 0.25) is 0 Å². The molecule has 0 aliphatic heterocycles. The fourth-order valence-electron chi connectivity index (χ4n) is 1.23. The molecule has 0 heteroatoms. The van der Waals surface area contributed by atoms with E-state index in [4.69, 9.17) is 0 Å². The van der Waals surface area contributed by atoms with Gasteiger partial charge in [-0.05, 0) is 38.2 Å². The minimum atomic E-state index is 1.03. The van der Waals surface area contributed by atoms with Crippen LogP contribution in [0, 0.1) is 6.08 Å².